The molecule has 110 valence electrons. The fraction of sp³-hybridized carbons (Fsp3) is 0.357. The van der Waals surface area contributed by atoms with E-state index in [2.05, 4.69) is 19.7 Å². The quantitative estimate of drug-likeness (QED) is 0.655. The minimum absolute atomic E-state index is 0.340. The van der Waals surface area contributed by atoms with Crippen molar-refractivity contribution >= 4 is 22.6 Å². The molecule has 3 rings (SSSR count). The molecule has 0 N–H and O–H groups in total. The number of rotatable bonds is 6. The Morgan fingerprint density at radius 1 is 1.38 bits per heavy atom. The Morgan fingerprint density at radius 2 is 2.29 bits per heavy atom. The molecule has 0 aliphatic rings. The van der Waals surface area contributed by atoms with Gasteiger partial charge in [0, 0.05) is 13.0 Å². The van der Waals surface area contributed by atoms with Gasteiger partial charge in [-0.05, 0) is 19.1 Å². The van der Waals surface area contributed by atoms with Gasteiger partial charge in [0.1, 0.15) is 17.1 Å². The minimum atomic E-state index is 0.340. The van der Waals surface area contributed by atoms with Gasteiger partial charge >= 0.3 is 0 Å². The molecule has 0 amide bonds. The molecule has 1 aromatic carbocycles. The smallest absolute Gasteiger partial charge is 0.213 e. The van der Waals surface area contributed by atoms with E-state index in [1.54, 1.807) is 0 Å². The maximum absolute atomic E-state index is 6.02. The first-order valence-electron chi connectivity index (χ1n) is 6.75. The first-order chi connectivity index (χ1) is 10.3. The average molecular weight is 307 g/mol. The van der Waals surface area contributed by atoms with Crippen molar-refractivity contribution < 1.29 is 9.26 Å². The van der Waals surface area contributed by atoms with Gasteiger partial charge in [-0.15, -0.1) is 11.6 Å². The number of nitrogens with zero attached hydrogens (tertiary/aromatic N) is 4. The van der Waals surface area contributed by atoms with Crippen LogP contribution in [0.15, 0.2) is 29.1 Å². The van der Waals surface area contributed by atoms with E-state index in [1.807, 2.05) is 25.1 Å². The van der Waals surface area contributed by atoms with Gasteiger partial charge in [0.25, 0.3) is 0 Å². The number of hydrogen-bond donors (Lipinski definition) is 0. The summed E-state index contributed by atoms with van der Waals surface area (Å²) in [5.41, 5.74) is 1.84. The van der Waals surface area contributed by atoms with E-state index in [9.17, 15) is 0 Å². The van der Waals surface area contributed by atoms with Crippen molar-refractivity contribution in [1.82, 2.24) is 19.7 Å². The topological polar surface area (TPSA) is 66.0 Å². The Morgan fingerprint density at radius 3 is 3.00 bits per heavy atom. The van der Waals surface area contributed by atoms with Crippen LogP contribution in [0.3, 0.4) is 0 Å². The molecule has 0 radical (unpaired) electrons. The third-order valence-corrected chi connectivity index (χ3v) is 3.45. The van der Waals surface area contributed by atoms with Crippen molar-refractivity contribution in [1.29, 1.82) is 0 Å². The maximum Gasteiger partial charge on any atom is 0.213 e. The van der Waals surface area contributed by atoms with Gasteiger partial charge in [-0.25, -0.2) is 4.98 Å². The highest BCUT2D eigenvalue weighted by atomic mass is 35.5. The van der Waals surface area contributed by atoms with Crippen LogP contribution < -0.4 is 4.74 Å². The molecule has 0 spiro atoms. The van der Waals surface area contributed by atoms with Crippen LogP contribution in [0, 0.1) is 0 Å². The molecule has 0 aliphatic heterocycles. The summed E-state index contributed by atoms with van der Waals surface area (Å²) < 4.78 is 12.4. The Kier molecular flexibility index (Phi) is 4.06. The molecule has 6 nitrogen and oxygen atoms in total. The lowest BCUT2D eigenvalue weighted by Gasteiger charge is -2.06. The van der Waals surface area contributed by atoms with E-state index in [1.165, 1.54) is 6.39 Å². The molecule has 7 heteroatoms. The van der Waals surface area contributed by atoms with Crippen LogP contribution in [0.25, 0.3) is 11.0 Å². The van der Waals surface area contributed by atoms with Gasteiger partial charge in [-0.1, -0.05) is 11.2 Å². The lowest BCUT2D eigenvalue weighted by molar-refractivity contribution is 0.343. The van der Waals surface area contributed by atoms with Crippen LogP contribution in [0.4, 0.5) is 0 Å². The SMILES string of the molecule is CCOc1cccc2c1nc(CCl)n2CCc1ncon1. The van der Waals surface area contributed by atoms with Crippen molar-refractivity contribution in [3.63, 3.8) is 0 Å². The second-order valence-corrected chi connectivity index (χ2v) is 4.73. The summed E-state index contributed by atoms with van der Waals surface area (Å²) in [5, 5.41) is 3.82. The number of alkyl halides is 1. The molecule has 0 bridgehead atoms. The number of imidazole rings is 1. The molecule has 0 fully saturated rings. The number of fused-ring (bicyclic) bond motifs is 1. The molecule has 2 aromatic heterocycles. The fourth-order valence-corrected chi connectivity index (χ4v) is 2.51. The zero-order chi connectivity index (χ0) is 14.7. The summed E-state index contributed by atoms with van der Waals surface area (Å²) in [6.07, 6.45) is 1.99. The maximum atomic E-state index is 6.02. The Hall–Kier alpha value is -2.08. The van der Waals surface area contributed by atoms with E-state index in [4.69, 9.17) is 20.9 Å². The zero-order valence-corrected chi connectivity index (χ0v) is 12.4. The van der Waals surface area contributed by atoms with E-state index in [0.717, 1.165) is 22.6 Å². The molecule has 0 aliphatic carbocycles. The molecule has 0 atom stereocenters. The normalized spacial score (nSPS) is 11.1. The van der Waals surface area contributed by atoms with Gasteiger partial charge < -0.3 is 13.8 Å². The largest absolute Gasteiger partial charge is 0.492 e. The summed E-state index contributed by atoms with van der Waals surface area (Å²) in [4.78, 5) is 8.62. The van der Waals surface area contributed by atoms with Crippen LogP contribution in [0.2, 0.25) is 0 Å². The monoisotopic (exact) mass is 306 g/mol. The zero-order valence-electron chi connectivity index (χ0n) is 11.6. The van der Waals surface area contributed by atoms with Crippen molar-refractivity contribution in [2.24, 2.45) is 0 Å². The van der Waals surface area contributed by atoms with Crippen LogP contribution in [0.1, 0.15) is 18.6 Å². The Bertz CT molecular complexity index is 724. The lowest BCUT2D eigenvalue weighted by Crippen LogP contribution is -2.06. The fourth-order valence-electron chi connectivity index (χ4n) is 2.31. The number of para-hydroxylation sites is 1. The third-order valence-electron chi connectivity index (χ3n) is 3.21. The van der Waals surface area contributed by atoms with E-state index >= 15 is 0 Å². The molecule has 0 saturated carbocycles. The van der Waals surface area contributed by atoms with Gasteiger partial charge in [0.2, 0.25) is 6.39 Å². The Labute approximate surface area is 126 Å². The van der Waals surface area contributed by atoms with Crippen LogP contribution in [0.5, 0.6) is 5.75 Å². The molecule has 21 heavy (non-hydrogen) atoms. The molecule has 0 unspecified atom stereocenters. The van der Waals surface area contributed by atoms with Crippen LogP contribution >= 0.6 is 11.6 Å². The van der Waals surface area contributed by atoms with E-state index < -0.39 is 0 Å². The summed E-state index contributed by atoms with van der Waals surface area (Å²) in [6.45, 7) is 3.24. The predicted octanol–water partition coefficient (Wildman–Crippen LogP) is 2.80. The second kappa shape index (κ2) is 6.13. The van der Waals surface area contributed by atoms with Gasteiger partial charge in [-0.3, -0.25) is 0 Å². The number of hydrogen-bond acceptors (Lipinski definition) is 5. The molecule has 0 saturated heterocycles. The standard InChI is InChI=1S/C14H15ClN4O2/c1-2-20-11-5-3-4-10-14(11)17-13(8-15)19(10)7-6-12-16-9-21-18-12/h3-5,9H,2,6-8H2,1H3. The first kappa shape index (κ1) is 13.9. The highest BCUT2D eigenvalue weighted by Gasteiger charge is 2.14. The van der Waals surface area contributed by atoms with Gasteiger partial charge in [-0.2, -0.15) is 4.98 Å². The molecular formula is C14H15ClN4O2. The summed E-state index contributed by atoms with van der Waals surface area (Å²) in [7, 11) is 0. The minimum Gasteiger partial charge on any atom is -0.492 e. The molecule has 3 aromatic rings. The van der Waals surface area contributed by atoms with Gasteiger partial charge in [0.15, 0.2) is 5.82 Å². The molecule has 2 heterocycles. The van der Waals surface area contributed by atoms with Crippen molar-refractivity contribution in [3.8, 4) is 5.75 Å². The first-order valence-corrected chi connectivity index (χ1v) is 7.29. The average Bonchev–Trinajstić information content (AvgIpc) is 3.13. The van der Waals surface area contributed by atoms with Gasteiger partial charge in [0.05, 0.1) is 18.0 Å². The van der Waals surface area contributed by atoms with Crippen molar-refractivity contribution in [2.45, 2.75) is 25.8 Å². The molecular weight excluding hydrogens is 292 g/mol. The summed E-state index contributed by atoms with van der Waals surface area (Å²) >= 11 is 6.02. The number of halogens is 1. The number of benzene rings is 1. The Balaban J connectivity index is 1.97. The highest BCUT2D eigenvalue weighted by molar-refractivity contribution is 6.16. The lowest BCUT2D eigenvalue weighted by atomic mass is 10.3. The number of aromatic nitrogens is 4. The predicted molar refractivity (Wildman–Crippen MR) is 78.5 cm³/mol. The highest BCUT2D eigenvalue weighted by Crippen LogP contribution is 2.27. The van der Waals surface area contributed by atoms with Crippen LogP contribution in [-0.2, 0) is 18.8 Å². The van der Waals surface area contributed by atoms with E-state index in [-0.39, 0.29) is 0 Å². The van der Waals surface area contributed by atoms with Crippen molar-refractivity contribution in [3.05, 3.63) is 36.2 Å². The third kappa shape index (κ3) is 2.71. The number of aryl methyl sites for hydroxylation is 2. The van der Waals surface area contributed by atoms with E-state index in [0.29, 0.717) is 31.3 Å². The number of ether oxygens (including phenoxy) is 1. The summed E-state index contributed by atoms with van der Waals surface area (Å²) in [6, 6.07) is 5.88. The van der Waals surface area contributed by atoms with Crippen LogP contribution in [-0.4, -0.2) is 26.3 Å². The summed E-state index contributed by atoms with van der Waals surface area (Å²) in [5.74, 6) is 2.59. The van der Waals surface area contributed by atoms with Crippen molar-refractivity contribution in [2.75, 3.05) is 6.61 Å². The second-order valence-electron chi connectivity index (χ2n) is 4.47.